The molecule has 0 saturated heterocycles. The van der Waals surface area contributed by atoms with Crippen molar-refractivity contribution >= 4 is 32.3 Å². The zero-order valence-electron chi connectivity index (χ0n) is 25.3. The summed E-state index contributed by atoms with van der Waals surface area (Å²) in [5.74, 6) is 0.641. The summed E-state index contributed by atoms with van der Waals surface area (Å²) in [5.41, 5.74) is 10.8. The average Bonchev–Trinajstić information content (AvgIpc) is 3.38. The molecule has 7 aromatic carbocycles. The molecule has 9 rings (SSSR count). The van der Waals surface area contributed by atoms with Gasteiger partial charge in [0.15, 0.2) is 0 Å². The topological polar surface area (TPSA) is 0 Å². The Labute approximate surface area is 260 Å². The van der Waals surface area contributed by atoms with E-state index in [1.165, 1.54) is 109 Å². The van der Waals surface area contributed by atoms with Gasteiger partial charge >= 0.3 is 0 Å². The normalized spacial score (nSPS) is 15.9. The van der Waals surface area contributed by atoms with Crippen LogP contribution in [-0.2, 0) is 5.41 Å². The minimum Gasteiger partial charge on any atom is -0.0616 e. The molecule has 0 heteroatoms. The van der Waals surface area contributed by atoms with E-state index in [-0.39, 0.29) is 0 Å². The van der Waals surface area contributed by atoms with Crippen LogP contribution in [0.25, 0.3) is 43.4 Å². The van der Waals surface area contributed by atoms with Gasteiger partial charge in [0.25, 0.3) is 0 Å². The van der Waals surface area contributed by atoms with Crippen molar-refractivity contribution in [2.75, 3.05) is 0 Å². The highest BCUT2D eigenvalue weighted by molar-refractivity contribution is 6.06. The summed E-state index contributed by atoms with van der Waals surface area (Å²) in [6, 6.07) is 51.2. The van der Waals surface area contributed by atoms with Crippen molar-refractivity contribution < 1.29 is 0 Å². The summed E-state index contributed by atoms with van der Waals surface area (Å²) in [7, 11) is 0. The molecule has 0 amide bonds. The van der Waals surface area contributed by atoms with Crippen LogP contribution in [0.5, 0.6) is 0 Å². The van der Waals surface area contributed by atoms with Crippen LogP contribution in [0.1, 0.15) is 71.4 Å². The Balaban J connectivity index is 1.45. The minimum atomic E-state index is -0.432. The van der Waals surface area contributed by atoms with Gasteiger partial charge in [-0.25, -0.2) is 0 Å². The van der Waals surface area contributed by atoms with Gasteiger partial charge in [-0.05, 0) is 115 Å². The quantitative estimate of drug-likeness (QED) is 0.200. The Kier molecular flexibility index (Phi) is 5.82. The molecule has 0 heterocycles. The third-order valence-corrected chi connectivity index (χ3v) is 10.8. The largest absolute Gasteiger partial charge is 0.0714 e. The lowest BCUT2D eigenvalue weighted by Gasteiger charge is -2.35. The third-order valence-electron chi connectivity index (χ3n) is 10.8. The Hall–Kier alpha value is -4.68. The first-order valence-electron chi connectivity index (χ1n) is 16.4. The van der Waals surface area contributed by atoms with E-state index in [0.29, 0.717) is 5.92 Å². The summed E-state index contributed by atoms with van der Waals surface area (Å²) in [5, 5.41) is 7.87. The number of fused-ring (bicyclic) bond motifs is 7. The van der Waals surface area contributed by atoms with E-state index in [1.54, 1.807) is 0 Å². The zero-order valence-corrected chi connectivity index (χ0v) is 25.3. The van der Waals surface area contributed by atoms with Crippen LogP contribution in [-0.4, -0.2) is 0 Å². The smallest absolute Gasteiger partial charge is 0.0616 e. The number of rotatable bonds is 3. The van der Waals surface area contributed by atoms with Crippen LogP contribution in [0.15, 0.2) is 133 Å². The first-order chi connectivity index (χ1) is 21.7. The lowest BCUT2D eigenvalue weighted by molar-refractivity contribution is 0.443. The number of hydrogen-bond donors (Lipinski definition) is 0. The molecule has 1 fully saturated rings. The van der Waals surface area contributed by atoms with Crippen molar-refractivity contribution in [1.82, 2.24) is 0 Å². The van der Waals surface area contributed by atoms with E-state index in [2.05, 4.69) is 140 Å². The molecule has 7 aromatic rings. The molecule has 212 valence electrons. The summed E-state index contributed by atoms with van der Waals surface area (Å²) in [6.45, 7) is 2.30. The molecule has 0 radical (unpaired) electrons. The zero-order chi connectivity index (χ0) is 29.3. The maximum absolute atomic E-state index is 2.62. The molecule has 1 saturated carbocycles. The molecule has 0 N–H and O–H groups in total. The van der Waals surface area contributed by atoms with Gasteiger partial charge < -0.3 is 0 Å². The van der Waals surface area contributed by atoms with E-state index in [1.807, 2.05) is 0 Å². The fourth-order valence-electron chi connectivity index (χ4n) is 8.70. The fraction of sp³-hybridized carbons (Fsp3) is 0.182. The van der Waals surface area contributed by atoms with Gasteiger partial charge in [0.2, 0.25) is 0 Å². The first kappa shape index (κ1) is 25.8. The highest BCUT2D eigenvalue weighted by atomic mass is 14.5. The van der Waals surface area contributed by atoms with Crippen LogP contribution < -0.4 is 0 Å². The van der Waals surface area contributed by atoms with Gasteiger partial charge in [-0.1, -0.05) is 141 Å². The van der Waals surface area contributed by atoms with Gasteiger partial charge in [0, 0.05) is 0 Å². The highest BCUT2D eigenvalue weighted by Crippen LogP contribution is 2.59. The standard InChI is InChI=1S/C44H36/c1-29-25-42-43(39-18-10-9-17-38(29)39)40-24-21-35(30-11-3-2-4-12-30)28-41(40)44(42,36-22-19-31-13-5-7-15-33(31)26-36)37-23-20-32-14-6-8-16-34(32)27-37/h5-10,13-28,30H,2-4,11-12H2,1H3. The van der Waals surface area contributed by atoms with Crippen LogP contribution in [0.4, 0.5) is 0 Å². The summed E-state index contributed by atoms with van der Waals surface area (Å²) >= 11 is 0. The molecular formula is C44H36. The molecule has 44 heavy (non-hydrogen) atoms. The van der Waals surface area contributed by atoms with Crippen LogP contribution >= 0.6 is 0 Å². The second-order valence-corrected chi connectivity index (χ2v) is 13.2. The van der Waals surface area contributed by atoms with Crippen molar-refractivity contribution in [3.63, 3.8) is 0 Å². The van der Waals surface area contributed by atoms with E-state index >= 15 is 0 Å². The highest BCUT2D eigenvalue weighted by Gasteiger charge is 2.47. The lowest BCUT2D eigenvalue weighted by Crippen LogP contribution is -2.29. The maximum Gasteiger partial charge on any atom is 0.0714 e. The van der Waals surface area contributed by atoms with Gasteiger partial charge in [-0.2, -0.15) is 0 Å². The summed E-state index contributed by atoms with van der Waals surface area (Å²) in [4.78, 5) is 0. The van der Waals surface area contributed by atoms with Gasteiger partial charge in [0.05, 0.1) is 5.41 Å². The van der Waals surface area contributed by atoms with Crippen LogP contribution in [0, 0.1) is 6.92 Å². The molecule has 2 aliphatic rings. The number of hydrogen-bond acceptors (Lipinski definition) is 0. The van der Waals surface area contributed by atoms with Crippen molar-refractivity contribution in [3.05, 3.63) is 167 Å². The van der Waals surface area contributed by atoms with E-state index < -0.39 is 5.41 Å². The number of aryl methyl sites for hydroxylation is 1. The second-order valence-electron chi connectivity index (χ2n) is 13.2. The molecule has 2 aliphatic carbocycles. The monoisotopic (exact) mass is 564 g/mol. The lowest BCUT2D eigenvalue weighted by atomic mass is 9.66. The SMILES string of the molecule is Cc1cc2c(c3ccccc13)-c1ccc(C3CCCCC3)cc1C2(c1ccc2ccccc2c1)c1ccc2ccccc2c1. The van der Waals surface area contributed by atoms with Gasteiger partial charge in [-0.3, -0.25) is 0 Å². The third kappa shape index (κ3) is 3.70. The van der Waals surface area contributed by atoms with E-state index in [4.69, 9.17) is 0 Å². The maximum atomic E-state index is 2.62. The molecule has 0 bridgehead atoms. The Morgan fingerprint density at radius 3 is 1.75 bits per heavy atom. The molecule has 0 spiro atoms. The van der Waals surface area contributed by atoms with E-state index in [0.717, 1.165) is 0 Å². The van der Waals surface area contributed by atoms with Gasteiger partial charge in [-0.15, -0.1) is 0 Å². The van der Waals surface area contributed by atoms with Crippen molar-refractivity contribution in [2.45, 2.75) is 50.4 Å². The molecular weight excluding hydrogens is 528 g/mol. The predicted molar refractivity (Wildman–Crippen MR) is 187 cm³/mol. The Bertz CT molecular complexity index is 2150. The average molecular weight is 565 g/mol. The van der Waals surface area contributed by atoms with Crippen molar-refractivity contribution in [3.8, 4) is 11.1 Å². The van der Waals surface area contributed by atoms with Crippen molar-refractivity contribution in [1.29, 1.82) is 0 Å². The van der Waals surface area contributed by atoms with Crippen molar-refractivity contribution in [2.24, 2.45) is 0 Å². The van der Waals surface area contributed by atoms with Crippen LogP contribution in [0.3, 0.4) is 0 Å². The van der Waals surface area contributed by atoms with Crippen LogP contribution in [0.2, 0.25) is 0 Å². The Morgan fingerprint density at radius 1 is 0.500 bits per heavy atom. The summed E-state index contributed by atoms with van der Waals surface area (Å²) < 4.78 is 0. The molecule has 0 atom stereocenters. The molecule has 0 aromatic heterocycles. The summed E-state index contributed by atoms with van der Waals surface area (Å²) in [6.07, 6.45) is 6.65. The van der Waals surface area contributed by atoms with E-state index in [9.17, 15) is 0 Å². The second kappa shape index (κ2) is 9.93. The minimum absolute atomic E-state index is 0.432. The predicted octanol–water partition coefficient (Wildman–Crippen LogP) is 11.9. The molecule has 0 aliphatic heterocycles. The Morgan fingerprint density at radius 2 is 1.09 bits per heavy atom. The molecule has 0 nitrogen and oxygen atoms in total. The fourth-order valence-corrected chi connectivity index (χ4v) is 8.70. The molecule has 0 unspecified atom stereocenters. The van der Waals surface area contributed by atoms with Gasteiger partial charge in [0.1, 0.15) is 0 Å². The first-order valence-corrected chi connectivity index (χ1v) is 16.4. The number of benzene rings is 7.